The van der Waals surface area contributed by atoms with Crippen molar-refractivity contribution in [2.45, 2.75) is 39.2 Å². The lowest BCUT2D eigenvalue weighted by molar-refractivity contribution is -0.136. The monoisotopic (exact) mass is 260 g/mol. The zero-order chi connectivity index (χ0) is 14.0. The van der Waals surface area contributed by atoms with E-state index in [-0.39, 0.29) is 17.9 Å². The summed E-state index contributed by atoms with van der Waals surface area (Å²) < 4.78 is 0. The minimum absolute atomic E-state index is 0.0449. The minimum Gasteiger partial charge on any atom is -0.340 e. The maximum atomic E-state index is 12.2. The maximum absolute atomic E-state index is 12.2. The van der Waals surface area contributed by atoms with Crippen LogP contribution < -0.4 is 5.73 Å². The van der Waals surface area contributed by atoms with Crippen LogP contribution in [0.2, 0.25) is 0 Å². The van der Waals surface area contributed by atoms with E-state index in [9.17, 15) is 4.79 Å². The molecule has 0 aromatic heterocycles. The van der Waals surface area contributed by atoms with Gasteiger partial charge in [-0.2, -0.15) is 0 Å². The van der Waals surface area contributed by atoms with Gasteiger partial charge in [-0.15, -0.1) is 0 Å². The summed E-state index contributed by atoms with van der Waals surface area (Å²) in [6.45, 7) is 7.49. The summed E-state index contributed by atoms with van der Waals surface area (Å²) in [7, 11) is 0. The van der Waals surface area contributed by atoms with Gasteiger partial charge in [-0.3, -0.25) is 4.79 Å². The predicted molar refractivity (Wildman–Crippen MR) is 77.9 cm³/mol. The van der Waals surface area contributed by atoms with Crippen LogP contribution in [0.3, 0.4) is 0 Å². The van der Waals surface area contributed by atoms with Crippen LogP contribution in [0.4, 0.5) is 0 Å². The van der Waals surface area contributed by atoms with Gasteiger partial charge >= 0.3 is 0 Å². The average Bonchev–Trinajstić information content (AvgIpc) is 2.37. The standard InChI is InChI=1S/C16H24N2O/c1-11(2)16(19)18-9-14(8-15(17)10-18)13-6-4-5-12(3)7-13/h4-7,11,14-15H,8-10,17H2,1-3H3. The largest absolute Gasteiger partial charge is 0.340 e. The van der Waals surface area contributed by atoms with E-state index in [0.717, 1.165) is 13.0 Å². The first-order valence-electron chi connectivity index (χ1n) is 7.08. The lowest BCUT2D eigenvalue weighted by atomic mass is 9.87. The van der Waals surface area contributed by atoms with E-state index in [4.69, 9.17) is 5.73 Å². The molecule has 2 N–H and O–H groups in total. The molecule has 0 saturated carbocycles. The lowest BCUT2D eigenvalue weighted by Crippen LogP contribution is -2.49. The van der Waals surface area contributed by atoms with Gasteiger partial charge in [0, 0.05) is 31.0 Å². The van der Waals surface area contributed by atoms with Crippen LogP contribution in [-0.2, 0) is 4.79 Å². The Balaban J connectivity index is 2.16. The van der Waals surface area contributed by atoms with Crippen LogP contribution in [0, 0.1) is 12.8 Å². The molecular formula is C16H24N2O. The Hall–Kier alpha value is -1.35. The van der Waals surface area contributed by atoms with Gasteiger partial charge in [0.05, 0.1) is 0 Å². The van der Waals surface area contributed by atoms with Crippen molar-refractivity contribution in [2.75, 3.05) is 13.1 Å². The molecule has 19 heavy (non-hydrogen) atoms. The molecule has 0 radical (unpaired) electrons. The van der Waals surface area contributed by atoms with E-state index in [0.29, 0.717) is 12.5 Å². The Kier molecular flexibility index (Phi) is 4.25. The van der Waals surface area contributed by atoms with E-state index in [1.54, 1.807) is 0 Å². The fourth-order valence-electron chi connectivity index (χ4n) is 2.85. The van der Waals surface area contributed by atoms with Crippen LogP contribution in [-0.4, -0.2) is 29.9 Å². The van der Waals surface area contributed by atoms with Crippen molar-refractivity contribution in [1.29, 1.82) is 0 Å². The first kappa shape index (κ1) is 14.1. The Morgan fingerprint density at radius 1 is 1.37 bits per heavy atom. The number of hydrogen-bond acceptors (Lipinski definition) is 2. The molecule has 1 aliphatic heterocycles. The van der Waals surface area contributed by atoms with Gasteiger partial charge in [-0.25, -0.2) is 0 Å². The summed E-state index contributed by atoms with van der Waals surface area (Å²) in [5.41, 5.74) is 8.70. The van der Waals surface area contributed by atoms with E-state index in [1.165, 1.54) is 11.1 Å². The summed E-state index contributed by atoms with van der Waals surface area (Å²) in [6, 6.07) is 8.62. The third-order valence-electron chi connectivity index (χ3n) is 3.80. The average molecular weight is 260 g/mol. The number of amides is 1. The van der Waals surface area contributed by atoms with Crippen LogP contribution in [0.15, 0.2) is 24.3 Å². The molecule has 3 heteroatoms. The zero-order valence-corrected chi connectivity index (χ0v) is 12.1. The molecule has 1 aromatic rings. The second kappa shape index (κ2) is 5.74. The molecule has 1 aliphatic rings. The van der Waals surface area contributed by atoms with Crippen molar-refractivity contribution in [3.63, 3.8) is 0 Å². The van der Waals surface area contributed by atoms with Crippen molar-refractivity contribution in [2.24, 2.45) is 11.7 Å². The van der Waals surface area contributed by atoms with Crippen molar-refractivity contribution >= 4 is 5.91 Å². The molecule has 3 nitrogen and oxygen atoms in total. The van der Waals surface area contributed by atoms with Gasteiger partial charge in [0.15, 0.2) is 0 Å². The Morgan fingerprint density at radius 3 is 2.74 bits per heavy atom. The smallest absolute Gasteiger partial charge is 0.225 e. The maximum Gasteiger partial charge on any atom is 0.225 e. The van der Waals surface area contributed by atoms with Crippen molar-refractivity contribution in [1.82, 2.24) is 4.90 Å². The number of rotatable bonds is 2. The van der Waals surface area contributed by atoms with Crippen LogP contribution in [0.5, 0.6) is 0 Å². The molecule has 104 valence electrons. The number of nitrogens with zero attached hydrogens (tertiary/aromatic N) is 1. The summed E-state index contributed by atoms with van der Waals surface area (Å²) in [4.78, 5) is 14.1. The second-order valence-electron chi connectivity index (χ2n) is 6.00. The number of hydrogen-bond donors (Lipinski definition) is 1. The third kappa shape index (κ3) is 3.35. The van der Waals surface area contributed by atoms with Crippen molar-refractivity contribution < 1.29 is 4.79 Å². The number of benzene rings is 1. The number of likely N-dealkylation sites (tertiary alicyclic amines) is 1. The molecule has 0 aliphatic carbocycles. The molecule has 1 amide bonds. The molecule has 2 unspecified atom stereocenters. The fourth-order valence-corrected chi connectivity index (χ4v) is 2.85. The molecule has 1 heterocycles. The zero-order valence-electron chi connectivity index (χ0n) is 12.1. The van der Waals surface area contributed by atoms with Gasteiger partial charge in [-0.05, 0) is 18.9 Å². The third-order valence-corrected chi connectivity index (χ3v) is 3.80. The summed E-state index contributed by atoms with van der Waals surface area (Å²) in [5, 5.41) is 0. The Bertz CT molecular complexity index is 456. The van der Waals surface area contributed by atoms with Crippen LogP contribution >= 0.6 is 0 Å². The Labute approximate surface area is 115 Å². The summed E-state index contributed by atoms with van der Waals surface area (Å²) in [6.07, 6.45) is 0.964. The van der Waals surface area contributed by atoms with E-state index < -0.39 is 0 Å². The van der Waals surface area contributed by atoms with Gasteiger partial charge < -0.3 is 10.6 Å². The van der Waals surface area contributed by atoms with Gasteiger partial charge in [-0.1, -0.05) is 43.7 Å². The van der Waals surface area contributed by atoms with Crippen LogP contribution in [0.25, 0.3) is 0 Å². The molecule has 2 rings (SSSR count). The van der Waals surface area contributed by atoms with Gasteiger partial charge in [0.25, 0.3) is 0 Å². The molecule has 1 aromatic carbocycles. The molecule has 0 bridgehead atoms. The van der Waals surface area contributed by atoms with E-state index in [2.05, 4.69) is 31.2 Å². The fraction of sp³-hybridized carbons (Fsp3) is 0.562. The number of aryl methyl sites for hydroxylation is 1. The molecule has 1 saturated heterocycles. The number of piperidine rings is 1. The normalized spacial score (nSPS) is 23.7. The molecule has 2 atom stereocenters. The molecule has 0 spiro atoms. The number of carbonyl (C=O) groups excluding carboxylic acids is 1. The molecule has 1 fully saturated rings. The van der Waals surface area contributed by atoms with Crippen LogP contribution in [0.1, 0.15) is 37.3 Å². The summed E-state index contributed by atoms with van der Waals surface area (Å²) >= 11 is 0. The molecular weight excluding hydrogens is 236 g/mol. The van der Waals surface area contributed by atoms with E-state index >= 15 is 0 Å². The topological polar surface area (TPSA) is 46.3 Å². The lowest BCUT2D eigenvalue weighted by Gasteiger charge is -2.37. The van der Waals surface area contributed by atoms with Crippen molar-refractivity contribution in [3.8, 4) is 0 Å². The first-order valence-corrected chi connectivity index (χ1v) is 7.08. The summed E-state index contributed by atoms with van der Waals surface area (Å²) in [5.74, 6) is 0.627. The highest BCUT2D eigenvalue weighted by Gasteiger charge is 2.29. The second-order valence-corrected chi connectivity index (χ2v) is 6.00. The Morgan fingerprint density at radius 2 is 2.11 bits per heavy atom. The van der Waals surface area contributed by atoms with E-state index in [1.807, 2.05) is 18.7 Å². The SMILES string of the molecule is Cc1cccc(C2CC(N)CN(C(=O)C(C)C)C2)c1. The first-order chi connectivity index (χ1) is 8.97. The number of carbonyl (C=O) groups is 1. The van der Waals surface area contributed by atoms with Crippen molar-refractivity contribution in [3.05, 3.63) is 35.4 Å². The highest BCUT2D eigenvalue weighted by molar-refractivity contribution is 5.78. The van der Waals surface area contributed by atoms with Gasteiger partial charge in [0.1, 0.15) is 0 Å². The highest BCUT2D eigenvalue weighted by atomic mass is 16.2. The predicted octanol–water partition coefficient (Wildman–Crippen LogP) is 2.29. The quantitative estimate of drug-likeness (QED) is 0.887. The minimum atomic E-state index is 0.0449. The highest BCUT2D eigenvalue weighted by Crippen LogP contribution is 2.27. The number of nitrogens with two attached hydrogens (primary N) is 1. The van der Waals surface area contributed by atoms with Gasteiger partial charge in [0.2, 0.25) is 5.91 Å².